The van der Waals surface area contributed by atoms with Crippen LogP contribution in [0.15, 0.2) is 42.7 Å². The molecule has 2 N–H and O–H groups in total. The first kappa shape index (κ1) is 18.8. The fourth-order valence-corrected chi connectivity index (χ4v) is 3.15. The average molecular weight is 396 g/mol. The minimum absolute atomic E-state index is 0.109. The van der Waals surface area contributed by atoms with Gasteiger partial charge in [0.25, 0.3) is 0 Å². The summed E-state index contributed by atoms with van der Waals surface area (Å²) in [6.07, 6.45) is 3.83. The topological polar surface area (TPSA) is 104 Å². The highest BCUT2D eigenvalue weighted by atomic mass is 16.5. The van der Waals surface area contributed by atoms with Gasteiger partial charge in [-0.05, 0) is 12.1 Å². The summed E-state index contributed by atoms with van der Waals surface area (Å²) in [6, 6.07) is 9.40. The van der Waals surface area contributed by atoms with E-state index < -0.39 is 0 Å². The Morgan fingerprint density at radius 2 is 2.00 bits per heavy atom. The molecule has 10 heteroatoms. The van der Waals surface area contributed by atoms with Crippen molar-refractivity contribution in [2.24, 2.45) is 7.05 Å². The Bertz CT molecular complexity index is 931. The highest BCUT2D eigenvalue weighted by Gasteiger charge is 2.22. The summed E-state index contributed by atoms with van der Waals surface area (Å²) < 4.78 is 7.42. The molecule has 4 rings (SSSR count). The molecule has 1 aromatic carbocycles. The number of carbonyl (C=O) groups is 1. The van der Waals surface area contributed by atoms with Gasteiger partial charge < -0.3 is 19.9 Å². The van der Waals surface area contributed by atoms with Gasteiger partial charge in [0.2, 0.25) is 0 Å². The van der Waals surface area contributed by atoms with Crippen LogP contribution in [0.5, 0.6) is 5.75 Å². The number of aromatic amines is 1. The van der Waals surface area contributed by atoms with Crippen LogP contribution >= 0.6 is 0 Å². The van der Waals surface area contributed by atoms with E-state index in [1.165, 1.54) is 0 Å². The third-order valence-electron chi connectivity index (χ3n) is 4.72. The number of benzene rings is 1. The number of nitrogens with one attached hydrogen (secondary N) is 2. The van der Waals surface area contributed by atoms with Gasteiger partial charge in [0.05, 0.1) is 18.4 Å². The van der Waals surface area contributed by atoms with E-state index in [0.717, 1.165) is 24.5 Å². The van der Waals surface area contributed by atoms with Gasteiger partial charge in [-0.3, -0.25) is 9.78 Å². The van der Waals surface area contributed by atoms with Crippen molar-refractivity contribution in [3.05, 3.63) is 54.4 Å². The Morgan fingerprint density at radius 3 is 2.72 bits per heavy atom. The largest absolute Gasteiger partial charge is 0.486 e. The number of anilines is 1. The lowest BCUT2D eigenvalue weighted by molar-refractivity contribution is 0.193. The quantitative estimate of drug-likeness (QED) is 0.648. The number of amides is 2. The Balaban J connectivity index is 1.20. The zero-order valence-electron chi connectivity index (χ0n) is 16.3. The molecule has 2 amide bonds. The minimum atomic E-state index is -0.109. The van der Waals surface area contributed by atoms with Crippen LogP contribution in [0.2, 0.25) is 0 Å². The monoisotopic (exact) mass is 396 g/mol. The molecular formula is C19H24N8O2. The van der Waals surface area contributed by atoms with Crippen molar-refractivity contribution in [3.8, 4) is 5.75 Å². The molecule has 0 saturated carbocycles. The molecule has 0 aliphatic carbocycles. The predicted molar refractivity (Wildman–Crippen MR) is 106 cm³/mol. The van der Waals surface area contributed by atoms with Gasteiger partial charge in [-0.1, -0.05) is 18.2 Å². The number of nitrogens with zero attached hydrogens (tertiary/aromatic N) is 6. The van der Waals surface area contributed by atoms with Gasteiger partial charge in [-0.25, -0.2) is 9.78 Å². The summed E-state index contributed by atoms with van der Waals surface area (Å²) in [6.45, 7) is 3.43. The lowest BCUT2D eigenvalue weighted by Gasteiger charge is -2.35. The summed E-state index contributed by atoms with van der Waals surface area (Å²) in [5.74, 6) is 1.91. The van der Waals surface area contributed by atoms with E-state index in [1.54, 1.807) is 9.58 Å². The van der Waals surface area contributed by atoms with Crippen LogP contribution in [0.1, 0.15) is 11.6 Å². The zero-order valence-corrected chi connectivity index (χ0v) is 16.3. The van der Waals surface area contributed by atoms with Crippen molar-refractivity contribution in [1.29, 1.82) is 0 Å². The van der Waals surface area contributed by atoms with Gasteiger partial charge >= 0.3 is 6.03 Å². The molecule has 10 nitrogen and oxygen atoms in total. The molecule has 1 aliphatic rings. The molecule has 3 aromatic rings. The van der Waals surface area contributed by atoms with E-state index in [9.17, 15) is 4.79 Å². The fraction of sp³-hybridized carbons (Fsp3) is 0.368. The minimum Gasteiger partial charge on any atom is -0.486 e. The molecule has 29 heavy (non-hydrogen) atoms. The summed E-state index contributed by atoms with van der Waals surface area (Å²) in [5.41, 5.74) is 1.08. The molecule has 2 aromatic heterocycles. The molecule has 1 fully saturated rings. The summed E-state index contributed by atoms with van der Waals surface area (Å²) in [4.78, 5) is 20.8. The molecule has 0 radical (unpaired) electrons. The highest BCUT2D eigenvalue weighted by Crippen LogP contribution is 2.15. The Morgan fingerprint density at radius 1 is 1.21 bits per heavy atom. The number of urea groups is 1. The maximum atomic E-state index is 12.4. The smallest absolute Gasteiger partial charge is 0.317 e. The number of ether oxygens (including phenoxy) is 1. The molecule has 1 aliphatic heterocycles. The lowest BCUT2D eigenvalue weighted by atomic mass is 10.3. The van der Waals surface area contributed by atoms with Gasteiger partial charge in [-0.2, -0.15) is 10.2 Å². The van der Waals surface area contributed by atoms with Crippen LogP contribution in [0.4, 0.5) is 10.5 Å². The molecule has 0 atom stereocenters. The number of hydrogen-bond acceptors (Lipinski definition) is 6. The first-order valence-corrected chi connectivity index (χ1v) is 9.52. The molecule has 152 valence electrons. The third-order valence-corrected chi connectivity index (χ3v) is 4.72. The van der Waals surface area contributed by atoms with Gasteiger partial charge in [0.1, 0.15) is 12.4 Å². The fourth-order valence-electron chi connectivity index (χ4n) is 3.15. The van der Waals surface area contributed by atoms with E-state index in [1.807, 2.05) is 49.8 Å². The number of aryl methyl sites for hydroxylation is 1. The number of carbonyl (C=O) groups excluding carboxylic acids is 1. The number of para-hydroxylation sites is 1. The third kappa shape index (κ3) is 4.84. The van der Waals surface area contributed by atoms with E-state index in [-0.39, 0.29) is 12.6 Å². The number of aromatic nitrogens is 5. The maximum Gasteiger partial charge on any atom is 0.317 e. The zero-order chi connectivity index (χ0) is 20.1. The van der Waals surface area contributed by atoms with Crippen LogP contribution in [0.3, 0.4) is 0 Å². The first-order chi connectivity index (χ1) is 14.2. The van der Waals surface area contributed by atoms with Crippen molar-refractivity contribution in [1.82, 2.24) is 35.2 Å². The Hall–Kier alpha value is -3.56. The van der Waals surface area contributed by atoms with E-state index in [4.69, 9.17) is 4.74 Å². The van der Waals surface area contributed by atoms with Crippen LogP contribution < -0.4 is 15.0 Å². The summed E-state index contributed by atoms with van der Waals surface area (Å²) in [5, 5.41) is 14.1. The second kappa shape index (κ2) is 8.63. The van der Waals surface area contributed by atoms with E-state index >= 15 is 0 Å². The van der Waals surface area contributed by atoms with Crippen LogP contribution in [-0.4, -0.2) is 62.1 Å². The number of H-pyrrole nitrogens is 1. The van der Waals surface area contributed by atoms with Gasteiger partial charge in [0.15, 0.2) is 11.6 Å². The SMILES string of the molecule is Cn1cc(N2CCN(C(=O)NCc3n[nH]c(COc4ccccc4)n3)CC2)cn1. The van der Waals surface area contributed by atoms with Gasteiger partial charge in [0, 0.05) is 39.4 Å². The summed E-state index contributed by atoms with van der Waals surface area (Å²) >= 11 is 0. The highest BCUT2D eigenvalue weighted by molar-refractivity contribution is 5.74. The molecule has 0 spiro atoms. The van der Waals surface area contributed by atoms with Crippen molar-refractivity contribution in [3.63, 3.8) is 0 Å². The lowest BCUT2D eigenvalue weighted by Crippen LogP contribution is -2.51. The Labute approximate surface area is 168 Å². The van der Waals surface area contributed by atoms with Crippen molar-refractivity contribution in [2.45, 2.75) is 13.2 Å². The maximum absolute atomic E-state index is 12.4. The summed E-state index contributed by atoms with van der Waals surface area (Å²) in [7, 11) is 1.90. The second-order valence-corrected chi connectivity index (χ2v) is 6.81. The Kier molecular flexibility index (Phi) is 5.59. The average Bonchev–Trinajstić information content (AvgIpc) is 3.40. The molecule has 3 heterocycles. The van der Waals surface area contributed by atoms with Crippen molar-refractivity contribution < 1.29 is 9.53 Å². The first-order valence-electron chi connectivity index (χ1n) is 9.52. The normalized spacial score (nSPS) is 14.1. The number of rotatable bonds is 6. The number of piperazine rings is 1. The van der Waals surface area contributed by atoms with Crippen molar-refractivity contribution >= 4 is 11.7 Å². The molecule has 0 bridgehead atoms. The predicted octanol–water partition coefficient (Wildman–Crippen LogP) is 1.15. The van der Waals surface area contributed by atoms with Gasteiger partial charge in [-0.15, -0.1) is 0 Å². The van der Waals surface area contributed by atoms with Crippen LogP contribution in [-0.2, 0) is 20.2 Å². The standard InChI is InChI=1S/C19H24N8O2/c1-25-13-15(11-21-25)26-7-9-27(10-8-26)19(28)20-12-17-22-18(24-23-17)14-29-16-5-3-2-4-6-16/h2-6,11,13H,7-10,12,14H2,1H3,(H,20,28)(H,22,23,24). The second-order valence-electron chi connectivity index (χ2n) is 6.81. The van der Waals surface area contributed by atoms with E-state index in [2.05, 4.69) is 30.5 Å². The molecule has 1 saturated heterocycles. The van der Waals surface area contributed by atoms with Crippen LogP contribution in [0, 0.1) is 0 Å². The number of hydrogen-bond donors (Lipinski definition) is 2. The van der Waals surface area contributed by atoms with Crippen LogP contribution in [0.25, 0.3) is 0 Å². The van der Waals surface area contributed by atoms with E-state index in [0.29, 0.717) is 31.3 Å². The molecular weight excluding hydrogens is 372 g/mol. The molecule has 0 unspecified atom stereocenters. The van der Waals surface area contributed by atoms with Crippen molar-refractivity contribution in [2.75, 3.05) is 31.1 Å².